The van der Waals surface area contributed by atoms with E-state index in [0.29, 0.717) is 5.92 Å². The largest absolute Gasteiger partial charge is 0.399 e. The van der Waals surface area contributed by atoms with E-state index in [-0.39, 0.29) is 0 Å². The summed E-state index contributed by atoms with van der Waals surface area (Å²) in [5.74, 6) is 1.45. The van der Waals surface area contributed by atoms with E-state index in [4.69, 9.17) is 10.7 Å². The molecule has 0 amide bonds. The Kier molecular flexibility index (Phi) is 2.98. The lowest BCUT2D eigenvalue weighted by molar-refractivity contribution is 0.677. The van der Waals surface area contributed by atoms with E-state index in [1.54, 1.807) is 11.3 Å². The predicted octanol–water partition coefficient (Wildman–Crippen LogP) is 3.25. The molecule has 0 unspecified atom stereocenters. The maximum atomic E-state index is 5.84. The van der Waals surface area contributed by atoms with Gasteiger partial charge >= 0.3 is 0 Å². The molecule has 3 rings (SSSR count). The number of anilines is 1. The van der Waals surface area contributed by atoms with E-state index in [1.165, 1.54) is 0 Å². The molecule has 0 fully saturated rings. The Bertz CT molecular complexity index is 698. The van der Waals surface area contributed by atoms with Gasteiger partial charge in [-0.05, 0) is 18.2 Å². The monoisotopic (exact) mass is 272 g/mol. The molecule has 0 aliphatic heterocycles. The van der Waals surface area contributed by atoms with Crippen LogP contribution in [0, 0.1) is 0 Å². The Morgan fingerprint density at radius 3 is 2.89 bits per heavy atom. The lowest BCUT2D eigenvalue weighted by atomic mass is 10.2. The van der Waals surface area contributed by atoms with Gasteiger partial charge in [0.05, 0.1) is 28.8 Å². The highest BCUT2D eigenvalue weighted by Crippen LogP contribution is 2.24. The van der Waals surface area contributed by atoms with Gasteiger partial charge in [0, 0.05) is 17.0 Å². The first-order valence-electron chi connectivity index (χ1n) is 6.28. The number of nitrogens with two attached hydrogens (primary N) is 1. The third kappa shape index (κ3) is 2.21. The first kappa shape index (κ1) is 12.2. The van der Waals surface area contributed by atoms with Gasteiger partial charge < -0.3 is 10.3 Å². The average molecular weight is 272 g/mol. The second-order valence-corrected chi connectivity index (χ2v) is 5.66. The highest BCUT2D eigenvalue weighted by Gasteiger charge is 2.14. The van der Waals surface area contributed by atoms with Crippen LogP contribution in [-0.4, -0.2) is 14.5 Å². The van der Waals surface area contributed by atoms with Crippen LogP contribution in [0.25, 0.3) is 11.0 Å². The maximum absolute atomic E-state index is 5.84. The number of nitrogen functional groups attached to an aromatic ring is 1. The van der Waals surface area contributed by atoms with Gasteiger partial charge in [0.2, 0.25) is 0 Å². The Balaban J connectivity index is 2.16. The predicted molar refractivity (Wildman–Crippen MR) is 79.5 cm³/mol. The number of imidazole rings is 1. The quantitative estimate of drug-likeness (QED) is 0.745. The van der Waals surface area contributed by atoms with Crippen LogP contribution < -0.4 is 5.73 Å². The van der Waals surface area contributed by atoms with Crippen LogP contribution in [0.5, 0.6) is 0 Å². The topological polar surface area (TPSA) is 56.7 Å². The minimum absolute atomic E-state index is 0.368. The summed E-state index contributed by atoms with van der Waals surface area (Å²) in [4.78, 5) is 9.07. The van der Waals surface area contributed by atoms with Crippen molar-refractivity contribution >= 4 is 28.1 Å². The zero-order valence-electron chi connectivity index (χ0n) is 11.0. The Morgan fingerprint density at radius 2 is 2.21 bits per heavy atom. The van der Waals surface area contributed by atoms with Crippen LogP contribution in [0.1, 0.15) is 31.3 Å². The number of rotatable bonds is 3. The highest BCUT2D eigenvalue weighted by atomic mass is 32.1. The summed E-state index contributed by atoms with van der Waals surface area (Å²) in [6.45, 7) is 5.07. The number of aromatic nitrogens is 3. The average Bonchev–Trinajstić information content (AvgIpc) is 2.97. The van der Waals surface area contributed by atoms with Crippen LogP contribution in [0.15, 0.2) is 29.1 Å². The normalized spacial score (nSPS) is 11.5. The molecular formula is C14H16N4S. The van der Waals surface area contributed by atoms with E-state index in [9.17, 15) is 0 Å². The molecule has 1 aromatic carbocycles. The zero-order chi connectivity index (χ0) is 13.4. The van der Waals surface area contributed by atoms with Crippen LogP contribution in [0.3, 0.4) is 0 Å². The summed E-state index contributed by atoms with van der Waals surface area (Å²) in [6, 6.07) is 5.89. The fourth-order valence-electron chi connectivity index (χ4n) is 2.25. The molecule has 0 saturated carbocycles. The van der Waals surface area contributed by atoms with Crippen molar-refractivity contribution in [3.05, 3.63) is 40.6 Å². The molecule has 0 bridgehead atoms. The second-order valence-electron chi connectivity index (χ2n) is 4.94. The van der Waals surface area contributed by atoms with Crippen molar-refractivity contribution in [2.24, 2.45) is 0 Å². The highest BCUT2D eigenvalue weighted by molar-refractivity contribution is 7.07. The molecule has 19 heavy (non-hydrogen) atoms. The molecule has 3 aromatic rings. The van der Waals surface area contributed by atoms with Crippen molar-refractivity contribution in [2.45, 2.75) is 26.3 Å². The minimum Gasteiger partial charge on any atom is -0.399 e. The van der Waals surface area contributed by atoms with Crippen molar-refractivity contribution in [1.29, 1.82) is 0 Å². The first-order valence-corrected chi connectivity index (χ1v) is 7.22. The van der Waals surface area contributed by atoms with E-state index in [0.717, 1.165) is 34.8 Å². The van der Waals surface area contributed by atoms with Crippen molar-refractivity contribution < 1.29 is 0 Å². The second kappa shape index (κ2) is 4.66. The molecule has 0 saturated heterocycles. The molecule has 5 heteroatoms. The molecule has 4 nitrogen and oxygen atoms in total. The summed E-state index contributed by atoms with van der Waals surface area (Å²) in [7, 11) is 0. The summed E-state index contributed by atoms with van der Waals surface area (Å²) >= 11 is 1.62. The van der Waals surface area contributed by atoms with Gasteiger partial charge in [-0.15, -0.1) is 11.3 Å². The van der Waals surface area contributed by atoms with Gasteiger partial charge in [0.25, 0.3) is 0 Å². The van der Waals surface area contributed by atoms with Gasteiger partial charge in [0.1, 0.15) is 5.82 Å². The number of hydrogen-bond donors (Lipinski definition) is 1. The lowest BCUT2D eigenvalue weighted by Crippen LogP contribution is -2.06. The van der Waals surface area contributed by atoms with Crippen molar-refractivity contribution in [1.82, 2.24) is 14.5 Å². The molecule has 0 atom stereocenters. The first-order chi connectivity index (χ1) is 9.15. The standard InChI is InChI=1S/C14H16N4S/c1-9(2)14-17-12-5-10(15)3-4-13(12)18(14)6-11-7-19-8-16-11/h3-5,7-9H,6,15H2,1-2H3. The fourth-order valence-corrected chi connectivity index (χ4v) is 2.80. The molecule has 98 valence electrons. The van der Waals surface area contributed by atoms with Crippen molar-refractivity contribution in [3.8, 4) is 0 Å². The molecule has 2 aromatic heterocycles. The minimum atomic E-state index is 0.368. The van der Waals surface area contributed by atoms with Crippen LogP contribution >= 0.6 is 11.3 Å². The van der Waals surface area contributed by atoms with E-state index < -0.39 is 0 Å². The van der Waals surface area contributed by atoms with Crippen molar-refractivity contribution in [3.63, 3.8) is 0 Å². The Labute approximate surface area is 115 Å². The van der Waals surface area contributed by atoms with Gasteiger partial charge in [-0.2, -0.15) is 0 Å². The van der Waals surface area contributed by atoms with E-state index >= 15 is 0 Å². The number of nitrogens with zero attached hydrogens (tertiary/aromatic N) is 3. The molecule has 0 aliphatic rings. The van der Waals surface area contributed by atoms with Crippen LogP contribution in [-0.2, 0) is 6.54 Å². The number of benzene rings is 1. The molecule has 0 radical (unpaired) electrons. The van der Waals surface area contributed by atoms with Crippen molar-refractivity contribution in [2.75, 3.05) is 5.73 Å². The maximum Gasteiger partial charge on any atom is 0.112 e. The molecule has 0 spiro atoms. The number of fused-ring (bicyclic) bond motifs is 1. The fraction of sp³-hybridized carbons (Fsp3) is 0.286. The molecular weight excluding hydrogens is 256 g/mol. The van der Waals surface area contributed by atoms with Gasteiger partial charge in [-0.1, -0.05) is 13.8 Å². The summed E-state index contributed by atoms with van der Waals surface area (Å²) in [6.07, 6.45) is 0. The summed E-state index contributed by atoms with van der Waals surface area (Å²) in [5, 5.41) is 2.08. The van der Waals surface area contributed by atoms with E-state index in [2.05, 4.69) is 28.8 Å². The summed E-state index contributed by atoms with van der Waals surface area (Å²) in [5.41, 5.74) is 11.6. The smallest absolute Gasteiger partial charge is 0.112 e. The van der Waals surface area contributed by atoms with Gasteiger partial charge in [-0.25, -0.2) is 9.97 Å². The zero-order valence-corrected chi connectivity index (χ0v) is 11.8. The van der Waals surface area contributed by atoms with Crippen LogP contribution in [0.4, 0.5) is 5.69 Å². The lowest BCUT2D eigenvalue weighted by Gasteiger charge is -2.09. The Morgan fingerprint density at radius 1 is 1.37 bits per heavy atom. The molecule has 2 N–H and O–H groups in total. The molecule has 0 aliphatic carbocycles. The Hall–Kier alpha value is -1.88. The SMILES string of the molecule is CC(C)c1nc2cc(N)ccc2n1Cc1cscn1. The number of thiazole rings is 1. The van der Waals surface area contributed by atoms with E-state index in [1.807, 2.05) is 23.7 Å². The van der Waals surface area contributed by atoms with Gasteiger partial charge in [-0.3, -0.25) is 0 Å². The third-order valence-corrected chi connectivity index (χ3v) is 3.76. The van der Waals surface area contributed by atoms with Crippen LogP contribution in [0.2, 0.25) is 0 Å². The van der Waals surface area contributed by atoms with Gasteiger partial charge in [0.15, 0.2) is 0 Å². The molecule has 2 heterocycles. The number of hydrogen-bond acceptors (Lipinski definition) is 4. The summed E-state index contributed by atoms with van der Waals surface area (Å²) < 4.78 is 2.23. The third-order valence-electron chi connectivity index (χ3n) is 3.12.